The predicted octanol–water partition coefficient (Wildman–Crippen LogP) is 3.13. The van der Waals surface area contributed by atoms with Gasteiger partial charge in [-0.25, -0.2) is 4.98 Å². The van der Waals surface area contributed by atoms with Gasteiger partial charge in [0.1, 0.15) is 36.2 Å². The lowest BCUT2D eigenvalue weighted by Gasteiger charge is -2.43. The van der Waals surface area contributed by atoms with E-state index >= 15 is 0 Å². The fourth-order valence-corrected chi connectivity index (χ4v) is 5.10. The maximum atomic E-state index is 13.5. The van der Waals surface area contributed by atoms with E-state index in [0.717, 1.165) is 23.6 Å². The van der Waals surface area contributed by atoms with Gasteiger partial charge in [0.15, 0.2) is 10.8 Å². The second kappa shape index (κ2) is 8.55. The van der Waals surface area contributed by atoms with Crippen molar-refractivity contribution < 1.29 is 32.9 Å². The summed E-state index contributed by atoms with van der Waals surface area (Å²) < 4.78 is 46.1. The summed E-state index contributed by atoms with van der Waals surface area (Å²) in [5, 5.41) is 28.6. The third-order valence-corrected chi connectivity index (χ3v) is 7.04. The highest BCUT2D eigenvalue weighted by Crippen LogP contribution is 2.48. The number of carbonyl (C=O) groups is 1. The first-order valence-corrected chi connectivity index (χ1v) is 11.4. The van der Waals surface area contributed by atoms with Gasteiger partial charge in [-0.2, -0.15) is 18.4 Å². The number of amides is 1. The van der Waals surface area contributed by atoms with Crippen molar-refractivity contribution in [3.8, 4) is 6.07 Å². The van der Waals surface area contributed by atoms with Gasteiger partial charge in [-0.3, -0.25) is 9.69 Å². The van der Waals surface area contributed by atoms with Gasteiger partial charge in [0.25, 0.3) is 5.91 Å². The summed E-state index contributed by atoms with van der Waals surface area (Å²) in [5.41, 5.74) is -2.01. The molecule has 2 N–H and O–H groups in total. The molecule has 3 heterocycles. The number of ether oxygens (including phenoxy) is 1. The van der Waals surface area contributed by atoms with Crippen LogP contribution in [0.25, 0.3) is 5.76 Å². The molecule has 5 rings (SSSR count). The van der Waals surface area contributed by atoms with Crippen LogP contribution in [0, 0.1) is 11.3 Å². The van der Waals surface area contributed by atoms with E-state index in [-0.39, 0.29) is 17.4 Å². The zero-order valence-corrected chi connectivity index (χ0v) is 19.4. The van der Waals surface area contributed by atoms with Gasteiger partial charge < -0.3 is 19.8 Å². The molecule has 36 heavy (non-hydrogen) atoms. The summed E-state index contributed by atoms with van der Waals surface area (Å²) in [6, 6.07) is 8.98. The Hall–Kier alpha value is -3.53. The molecule has 1 saturated heterocycles. The Morgan fingerprint density at radius 1 is 1.19 bits per heavy atom. The van der Waals surface area contributed by atoms with Crippen molar-refractivity contribution in [3.63, 3.8) is 0 Å². The number of halogens is 3. The van der Waals surface area contributed by atoms with Gasteiger partial charge in [0.05, 0.1) is 17.4 Å². The highest BCUT2D eigenvalue weighted by Gasteiger charge is 2.59. The number of benzene rings is 1. The molecule has 0 bridgehead atoms. The smallest absolute Gasteiger partial charge is 0.419 e. The number of anilines is 2. The van der Waals surface area contributed by atoms with Crippen LogP contribution in [0.3, 0.4) is 0 Å². The molecule has 1 unspecified atom stereocenters. The van der Waals surface area contributed by atoms with Crippen molar-refractivity contribution >= 4 is 40.4 Å². The minimum Gasteiger partial charge on any atom is -0.490 e. The third kappa shape index (κ3) is 3.71. The van der Waals surface area contributed by atoms with E-state index < -0.39 is 41.1 Å². The van der Waals surface area contributed by atoms with Crippen molar-refractivity contribution in [1.29, 1.82) is 5.26 Å². The van der Waals surface area contributed by atoms with Crippen molar-refractivity contribution in [3.05, 3.63) is 59.4 Å². The molecule has 2 aromatic rings. The van der Waals surface area contributed by atoms with Crippen LogP contribution in [0.2, 0.25) is 0 Å². The zero-order chi connectivity index (χ0) is 25.8. The summed E-state index contributed by atoms with van der Waals surface area (Å²) >= 11 is 5.60. The van der Waals surface area contributed by atoms with Gasteiger partial charge in [0, 0.05) is 11.3 Å². The van der Waals surface area contributed by atoms with Crippen LogP contribution in [0.1, 0.15) is 36.1 Å². The Morgan fingerprint density at radius 2 is 1.89 bits per heavy atom. The number of hydrogen-bond donors (Lipinski definition) is 2. The number of pyridine rings is 1. The number of nitrogens with zero attached hydrogens (tertiary/aromatic N) is 4. The van der Waals surface area contributed by atoms with Crippen LogP contribution >= 0.6 is 12.2 Å². The van der Waals surface area contributed by atoms with Gasteiger partial charge in [-0.15, -0.1) is 0 Å². The topological polar surface area (TPSA) is 110 Å². The minimum absolute atomic E-state index is 0.0127. The molecule has 1 saturated carbocycles. The van der Waals surface area contributed by atoms with Crippen molar-refractivity contribution in [2.75, 3.05) is 16.4 Å². The average Bonchev–Trinajstić information content (AvgIpc) is 3.06. The molecule has 0 radical (unpaired) electrons. The lowest BCUT2D eigenvalue weighted by molar-refractivity contribution is -0.138. The van der Waals surface area contributed by atoms with Crippen molar-refractivity contribution in [1.82, 2.24) is 4.98 Å². The fourth-order valence-electron chi connectivity index (χ4n) is 4.63. The molecular weight excluding hydrogens is 497 g/mol. The minimum atomic E-state index is -4.83. The number of aliphatic hydroxyl groups is 2. The normalized spacial score (nSPS) is 23.3. The zero-order valence-electron chi connectivity index (χ0n) is 18.6. The van der Waals surface area contributed by atoms with Gasteiger partial charge in [-0.1, -0.05) is 0 Å². The van der Waals surface area contributed by atoms with Gasteiger partial charge in [-0.05, 0) is 67.9 Å². The Kier molecular flexibility index (Phi) is 5.74. The van der Waals surface area contributed by atoms with Crippen molar-refractivity contribution in [2.45, 2.75) is 43.2 Å². The Morgan fingerprint density at radius 3 is 2.44 bits per heavy atom. The number of alkyl halides is 3. The number of hydrogen-bond acceptors (Lipinski definition) is 7. The van der Waals surface area contributed by atoms with Crippen LogP contribution in [0.4, 0.5) is 24.5 Å². The maximum absolute atomic E-state index is 13.5. The lowest BCUT2D eigenvalue weighted by atomic mass is 9.75. The van der Waals surface area contributed by atoms with Crippen LogP contribution in [0.5, 0.6) is 0 Å². The number of thiocarbonyl (C=S) groups is 1. The van der Waals surface area contributed by atoms with Crippen molar-refractivity contribution in [2.24, 2.45) is 0 Å². The number of aromatic nitrogens is 1. The van der Waals surface area contributed by atoms with E-state index in [1.165, 1.54) is 12.1 Å². The largest absolute Gasteiger partial charge is 0.490 e. The molecular formula is C24H19F3N4O4S. The Bertz CT molecular complexity index is 1320. The molecule has 1 amide bonds. The first-order valence-electron chi connectivity index (χ1n) is 11.0. The monoisotopic (exact) mass is 516 g/mol. The number of rotatable bonds is 3. The predicted molar refractivity (Wildman–Crippen MR) is 125 cm³/mol. The second-order valence-corrected chi connectivity index (χ2v) is 9.15. The molecule has 1 aliphatic carbocycles. The highest BCUT2D eigenvalue weighted by atomic mass is 32.1. The highest BCUT2D eigenvalue weighted by molar-refractivity contribution is 7.81. The molecule has 3 aliphatic rings. The van der Waals surface area contributed by atoms with Crippen LogP contribution in [-0.2, 0) is 15.7 Å². The molecule has 2 fully saturated rings. The first kappa shape index (κ1) is 24.2. The molecule has 186 valence electrons. The van der Waals surface area contributed by atoms with Crippen LogP contribution in [-0.4, -0.2) is 50.6 Å². The lowest BCUT2D eigenvalue weighted by Crippen LogP contribution is -2.55. The quantitative estimate of drug-likeness (QED) is 0.599. The summed E-state index contributed by atoms with van der Waals surface area (Å²) in [6.07, 6.45) is -2.77. The summed E-state index contributed by atoms with van der Waals surface area (Å²) in [4.78, 5) is 19.9. The van der Waals surface area contributed by atoms with Crippen LogP contribution < -0.4 is 9.80 Å². The van der Waals surface area contributed by atoms with E-state index in [0.29, 0.717) is 29.9 Å². The Labute approximate surface area is 208 Å². The second-order valence-electron chi connectivity index (χ2n) is 8.79. The SMILES string of the molecule is N#Cc1ncc(N2C(=O)C3(CCC3)N(c3ccc(C4=CC(O)[C@H](O)CO4)cc3)C2=S)cc1C(F)(F)F. The number of aliphatic hydroxyl groups excluding tert-OH is 2. The molecule has 1 aromatic carbocycles. The summed E-state index contributed by atoms with van der Waals surface area (Å²) in [7, 11) is 0. The molecule has 12 heteroatoms. The first-order chi connectivity index (χ1) is 17.1. The fraction of sp³-hybridized carbons (Fsp3) is 0.333. The molecule has 8 nitrogen and oxygen atoms in total. The van der Waals surface area contributed by atoms with E-state index in [1.54, 1.807) is 29.2 Å². The molecule has 2 atom stereocenters. The van der Waals surface area contributed by atoms with Gasteiger partial charge in [0.2, 0.25) is 0 Å². The van der Waals surface area contributed by atoms with Gasteiger partial charge >= 0.3 is 6.18 Å². The summed E-state index contributed by atoms with van der Waals surface area (Å²) in [5.74, 6) is -0.0550. The Balaban J connectivity index is 1.51. The maximum Gasteiger partial charge on any atom is 0.419 e. The molecule has 1 spiro atoms. The number of carbonyl (C=O) groups excluding carboxylic acids is 1. The average molecular weight is 517 g/mol. The molecule has 1 aromatic heterocycles. The van der Waals surface area contributed by atoms with E-state index in [2.05, 4.69) is 4.98 Å². The summed E-state index contributed by atoms with van der Waals surface area (Å²) in [6.45, 7) is -0.0594. The van der Waals surface area contributed by atoms with E-state index in [4.69, 9.17) is 22.2 Å². The van der Waals surface area contributed by atoms with E-state index in [1.807, 2.05) is 0 Å². The third-order valence-electron chi connectivity index (χ3n) is 6.67. The molecule has 2 aliphatic heterocycles. The standard InChI is InChI=1S/C24H19F3N4O4S/c25-24(26,27)16-8-15(11-29-17(16)10-28)30-21(34)23(6-1-7-23)31(22(30)36)14-4-2-13(3-5-14)20-9-18(32)19(33)12-35-20/h2-5,8-9,11,18-19,32-33H,1,6-7,12H2/t18?,19-/m1/s1. The van der Waals surface area contributed by atoms with E-state index in [9.17, 15) is 28.2 Å². The number of nitriles is 1. The van der Waals surface area contributed by atoms with Crippen LogP contribution in [0.15, 0.2) is 42.6 Å².